The molecule has 6 rings (SSSR count). The van der Waals surface area contributed by atoms with Gasteiger partial charge in [-0.25, -0.2) is 18.1 Å². The van der Waals surface area contributed by atoms with Gasteiger partial charge in [0.25, 0.3) is 5.91 Å². The normalized spacial score (nSPS) is 15.7. The lowest BCUT2D eigenvalue weighted by Crippen LogP contribution is -2.52. The highest BCUT2D eigenvalue weighted by molar-refractivity contribution is 7.89. The Hall–Kier alpha value is -5.43. The zero-order chi connectivity index (χ0) is 40.0. The molecule has 1 fully saturated rings. The molecule has 16 nitrogen and oxygen atoms in total. The van der Waals surface area contributed by atoms with Gasteiger partial charge in [0.15, 0.2) is 0 Å². The van der Waals surface area contributed by atoms with Crippen LogP contribution in [0.1, 0.15) is 66.4 Å². The molecule has 4 heterocycles. The Balaban J connectivity index is 0.897. The summed E-state index contributed by atoms with van der Waals surface area (Å²) in [5.74, 6) is 0.358. The summed E-state index contributed by atoms with van der Waals surface area (Å²) < 4.78 is 34.2. The number of amides is 4. The number of nitrogens with one attached hydrogen (secondary N) is 6. The number of nitrogens with zero attached hydrogens (tertiary/aromatic N) is 3. The maximum absolute atomic E-state index is 12.9. The molecule has 0 saturated carbocycles. The Morgan fingerprint density at radius 1 is 1.07 bits per heavy atom. The Morgan fingerprint density at radius 3 is 2.61 bits per heavy atom. The fourth-order valence-electron chi connectivity index (χ4n) is 6.11. The SMILES string of the molecule is Cc1cnc(Nc2ccc(OCCCNCC(=O)NCc3scc4c3CN(C3CCC(=O)NC3=O)C4=O)cc2)nc1Nc1cccc(S(=O)(=O)NC(C)(C)C)c1. The van der Waals surface area contributed by atoms with Gasteiger partial charge in [0.2, 0.25) is 33.7 Å². The number of benzene rings is 2. The fourth-order valence-corrected chi connectivity index (χ4v) is 8.55. The molecule has 56 heavy (non-hydrogen) atoms. The summed E-state index contributed by atoms with van der Waals surface area (Å²) in [5.41, 5.74) is 2.82. The van der Waals surface area contributed by atoms with Crippen LogP contribution in [0.3, 0.4) is 0 Å². The average Bonchev–Trinajstić information content (AvgIpc) is 3.69. The molecule has 0 radical (unpaired) electrons. The van der Waals surface area contributed by atoms with E-state index in [1.807, 2.05) is 31.2 Å². The minimum absolute atomic E-state index is 0.122. The number of thiophene rings is 1. The van der Waals surface area contributed by atoms with Crippen LogP contribution in [0.5, 0.6) is 5.75 Å². The lowest BCUT2D eigenvalue weighted by molar-refractivity contribution is -0.137. The van der Waals surface area contributed by atoms with E-state index < -0.39 is 27.5 Å². The maximum atomic E-state index is 12.9. The van der Waals surface area contributed by atoms with Crippen molar-refractivity contribution in [1.29, 1.82) is 0 Å². The van der Waals surface area contributed by atoms with Gasteiger partial charge in [-0.3, -0.25) is 24.5 Å². The monoisotopic (exact) mass is 803 g/mol. The van der Waals surface area contributed by atoms with E-state index in [2.05, 4.69) is 41.3 Å². The van der Waals surface area contributed by atoms with Crippen molar-refractivity contribution in [2.24, 2.45) is 0 Å². The van der Waals surface area contributed by atoms with Gasteiger partial charge in [0.05, 0.1) is 30.2 Å². The van der Waals surface area contributed by atoms with Gasteiger partial charge in [-0.2, -0.15) is 4.98 Å². The van der Waals surface area contributed by atoms with E-state index >= 15 is 0 Å². The second-order valence-corrected chi connectivity index (χ2v) is 17.1. The van der Waals surface area contributed by atoms with Crippen LogP contribution < -0.4 is 36.0 Å². The Morgan fingerprint density at radius 2 is 1.86 bits per heavy atom. The molecule has 0 spiro atoms. The highest BCUT2D eigenvalue weighted by Crippen LogP contribution is 2.34. The van der Waals surface area contributed by atoms with Crippen LogP contribution >= 0.6 is 11.3 Å². The highest BCUT2D eigenvalue weighted by atomic mass is 32.2. The van der Waals surface area contributed by atoms with Crippen LogP contribution in [0.4, 0.5) is 23.1 Å². The number of rotatable bonds is 16. The Labute approximate surface area is 329 Å². The van der Waals surface area contributed by atoms with Crippen LogP contribution in [0.25, 0.3) is 0 Å². The first kappa shape index (κ1) is 40.2. The van der Waals surface area contributed by atoms with Gasteiger partial charge in [0.1, 0.15) is 17.6 Å². The van der Waals surface area contributed by atoms with Gasteiger partial charge in [0, 0.05) is 51.9 Å². The molecule has 2 aromatic carbocycles. The molecule has 6 N–H and O–H groups in total. The van der Waals surface area contributed by atoms with E-state index in [9.17, 15) is 27.6 Å². The summed E-state index contributed by atoms with van der Waals surface area (Å²) in [6.45, 7) is 8.88. The zero-order valence-corrected chi connectivity index (χ0v) is 33.2. The number of hydrogen-bond donors (Lipinski definition) is 6. The molecular weight excluding hydrogens is 759 g/mol. The number of anilines is 4. The molecule has 2 aliphatic rings. The number of carbonyl (C=O) groups excluding carboxylic acids is 4. The number of carbonyl (C=O) groups is 4. The van der Waals surface area contributed by atoms with Crippen LogP contribution in [0, 0.1) is 6.92 Å². The third-order valence-electron chi connectivity index (χ3n) is 8.81. The van der Waals surface area contributed by atoms with Crippen molar-refractivity contribution in [2.45, 2.75) is 76.5 Å². The number of hydrogen-bond acceptors (Lipinski definition) is 13. The van der Waals surface area contributed by atoms with Gasteiger partial charge in [-0.15, -0.1) is 11.3 Å². The van der Waals surface area contributed by atoms with E-state index in [4.69, 9.17) is 4.74 Å². The van der Waals surface area contributed by atoms with Crippen LogP contribution in [0.2, 0.25) is 0 Å². The molecule has 1 atom stereocenters. The quantitative estimate of drug-likeness (QED) is 0.0705. The van der Waals surface area contributed by atoms with Crippen LogP contribution in [-0.2, 0) is 37.5 Å². The predicted octanol–water partition coefficient (Wildman–Crippen LogP) is 3.85. The minimum Gasteiger partial charge on any atom is -0.494 e. The van der Waals surface area contributed by atoms with Gasteiger partial charge >= 0.3 is 0 Å². The van der Waals surface area contributed by atoms with Crippen molar-refractivity contribution in [1.82, 2.24) is 35.5 Å². The van der Waals surface area contributed by atoms with E-state index in [0.29, 0.717) is 54.8 Å². The summed E-state index contributed by atoms with van der Waals surface area (Å²) in [6.07, 6.45) is 2.84. The third-order valence-corrected chi connectivity index (χ3v) is 11.6. The molecule has 4 aromatic rings. The first-order valence-corrected chi connectivity index (χ1v) is 20.5. The standard InChI is InChI=1S/C38H45N9O7S2/c1-23-18-41-37(45-34(23)42-25-7-5-8-27(17-25)56(52,53)46-38(2,3)4)43-24-9-11-26(12-10-24)54-16-6-15-39-20-33(49)40-19-31-28-21-47(36(51)29(28)22-55-31)30-13-14-32(48)44-35(30)50/h5,7-12,17-18,22,30,39,46H,6,13-16,19-21H2,1-4H3,(H,40,49)(H,44,48,50)(H2,41,42,43,45). The molecule has 0 bridgehead atoms. The molecule has 0 aliphatic carbocycles. The smallest absolute Gasteiger partial charge is 0.256 e. The van der Waals surface area contributed by atoms with Crippen LogP contribution in [0.15, 0.2) is 65.0 Å². The van der Waals surface area contributed by atoms with Gasteiger partial charge in [-0.1, -0.05) is 6.07 Å². The first-order valence-electron chi connectivity index (χ1n) is 18.1. The number of ether oxygens (including phenoxy) is 1. The topological polar surface area (TPSA) is 213 Å². The van der Waals surface area contributed by atoms with Gasteiger partial charge < -0.3 is 30.9 Å². The summed E-state index contributed by atoms with van der Waals surface area (Å²) in [4.78, 5) is 60.7. The fraction of sp³-hybridized carbons (Fsp3) is 0.368. The molecule has 4 amide bonds. The summed E-state index contributed by atoms with van der Waals surface area (Å²) in [6, 6.07) is 13.2. The largest absolute Gasteiger partial charge is 0.494 e. The van der Waals surface area contributed by atoms with E-state index in [-0.39, 0.29) is 48.7 Å². The molecule has 18 heteroatoms. The number of fused-ring (bicyclic) bond motifs is 1. The van der Waals surface area contributed by atoms with Crippen molar-refractivity contribution in [2.75, 3.05) is 30.3 Å². The third kappa shape index (κ3) is 10.2. The Bertz CT molecular complexity index is 2220. The predicted molar refractivity (Wildman–Crippen MR) is 211 cm³/mol. The first-order chi connectivity index (χ1) is 26.6. The van der Waals surface area contributed by atoms with Crippen molar-refractivity contribution in [3.8, 4) is 5.75 Å². The van der Waals surface area contributed by atoms with E-state index in [1.165, 1.54) is 16.2 Å². The second-order valence-electron chi connectivity index (χ2n) is 14.5. The van der Waals surface area contributed by atoms with Gasteiger partial charge in [-0.05, 0) is 95.1 Å². The van der Waals surface area contributed by atoms with Crippen molar-refractivity contribution in [3.05, 3.63) is 81.7 Å². The molecule has 1 saturated heterocycles. The molecular formula is C38H45N9O7S2. The Kier molecular flexibility index (Phi) is 12.3. The van der Waals surface area contributed by atoms with Crippen molar-refractivity contribution >= 4 is 68.1 Å². The lowest BCUT2D eigenvalue weighted by Gasteiger charge is -2.29. The van der Waals surface area contributed by atoms with Crippen LogP contribution in [-0.4, -0.2) is 78.2 Å². The molecule has 2 aromatic heterocycles. The van der Waals surface area contributed by atoms with E-state index in [0.717, 1.165) is 21.7 Å². The molecule has 296 valence electrons. The summed E-state index contributed by atoms with van der Waals surface area (Å²) in [5, 5.41) is 16.4. The number of sulfonamides is 1. The zero-order valence-electron chi connectivity index (χ0n) is 31.5. The minimum atomic E-state index is -3.71. The average molecular weight is 804 g/mol. The van der Waals surface area contributed by atoms with E-state index in [1.54, 1.807) is 56.6 Å². The number of imide groups is 1. The molecule has 2 aliphatic heterocycles. The number of aromatic nitrogens is 2. The van der Waals surface area contributed by atoms with Crippen molar-refractivity contribution < 1.29 is 32.3 Å². The summed E-state index contributed by atoms with van der Waals surface area (Å²) in [7, 11) is -3.71. The number of piperidine rings is 1. The lowest BCUT2D eigenvalue weighted by atomic mass is 10.0. The van der Waals surface area contributed by atoms with Crippen molar-refractivity contribution in [3.63, 3.8) is 0 Å². The molecule has 1 unspecified atom stereocenters. The summed E-state index contributed by atoms with van der Waals surface area (Å²) >= 11 is 1.40. The second kappa shape index (κ2) is 17.2. The maximum Gasteiger partial charge on any atom is 0.256 e. The number of aryl methyl sites for hydroxylation is 1. The highest BCUT2D eigenvalue weighted by Gasteiger charge is 2.40.